The fraction of sp³-hybridized carbons (Fsp3) is 0.357. The molecule has 4 rings (SSSR count). The van der Waals surface area contributed by atoms with E-state index in [-0.39, 0.29) is 29.7 Å². The van der Waals surface area contributed by atoms with Crippen molar-refractivity contribution in [2.45, 2.75) is 63.4 Å². The lowest BCUT2D eigenvalue weighted by atomic mass is 9.85. The van der Waals surface area contributed by atoms with Crippen LogP contribution in [-0.4, -0.2) is 21.1 Å². The quantitative estimate of drug-likeness (QED) is 0.453. The summed E-state index contributed by atoms with van der Waals surface area (Å²) in [6.45, 7) is 5.87. The monoisotopic (exact) mass is 493 g/mol. The highest BCUT2D eigenvalue weighted by Crippen LogP contribution is 2.27. The van der Waals surface area contributed by atoms with E-state index in [1.807, 2.05) is 57.2 Å². The smallest absolute Gasteiger partial charge is 0.223 e. The van der Waals surface area contributed by atoms with E-state index in [9.17, 15) is 13.4 Å². The molecule has 2 aromatic carbocycles. The Balaban J connectivity index is 1.27. The zero-order valence-corrected chi connectivity index (χ0v) is 21.2. The minimum Gasteiger partial charge on any atom is -0.349 e. The van der Waals surface area contributed by atoms with Gasteiger partial charge in [-0.15, -0.1) is 0 Å². The highest BCUT2D eigenvalue weighted by Gasteiger charge is 2.28. The first-order chi connectivity index (χ1) is 16.8. The van der Waals surface area contributed by atoms with Crippen molar-refractivity contribution in [3.8, 4) is 11.1 Å². The van der Waals surface area contributed by atoms with E-state index in [4.69, 9.17) is 0 Å². The molecule has 1 heterocycles. The molecule has 3 aromatic rings. The molecule has 2 N–H and O–H groups in total. The van der Waals surface area contributed by atoms with Gasteiger partial charge in [-0.2, -0.15) is 0 Å². The molecule has 1 unspecified atom stereocenters. The van der Waals surface area contributed by atoms with Crippen LogP contribution < -0.4 is 10.0 Å². The maximum atomic E-state index is 13.1. The Morgan fingerprint density at radius 1 is 0.943 bits per heavy atom. The van der Waals surface area contributed by atoms with E-state index in [0.29, 0.717) is 0 Å². The van der Waals surface area contributed by atoms with Gasteiger partial charge in [0.15, 0.2) is 0 Å². The number of hydrogen-bond acceptors (Lipinski definition) is 3. The Morgan fingerprint density at radius 3 is 2.14 bits per heavy atom. The molecule has 184 valence electrons. The summed E-state index contributed by atoms with van der Waals surface area (Å²) in [5.41, 5.74) is 5.00. The molecule has 2 atom stereocenters. The first-order valence-electron chi connectivity index (χ1n) is 12.1. The normalized spacial score (nSPS) is 19.7. The average Bonchev–Trinajstić information content (AvgIpc) is 2.84. The molecule has 1 saturated carbocycles. The maximum Gasteiger partial charge on any atom is 0.223 e. The Morgan fingerprint density at radius 2 is 1.54 bits per heavy atom. The number of amides is 1. The first kappa shape index (κ1) is 25.2. The third kappa shape index (κ3) is 6.61. The minimum absolute atomic E-state index is 0.0265. The van der Waals surface area contributed by atoms with Gasteiger partial charge in [-0.3, -0.25) is 9.78 Å². The van der Waals surface area contributed by atoms with Crippen molar-refractivity contribution in [1.82, 2.24) is 15.0 Å². The lowest BCUT2D eigenvalue weighted by molar-refractivity contribution is -0.126. The number of nitrogens with zero attached hydrogens (tertiary/aromatic N) is 1. The largest absolute Gasteiger partial charge is 0.349 e. The van der Waals surface area contributed by atoms with Crippen LogP contribution >= 0.6 is 0 Å². The standard InChI is InChI=1S/C28H32FN3O2S/c1-18-16-24(17-19(2)30-18)22-8-14-27(15-9-22)35(34)32-26-12-6-23(7-13-26)28(33)31-20(3)21-4-10-25(29)11-5-21/h4-5,8-11,14-17,20,23,26,32H,6-7,12-13H2,1-3H3,(H,31,33)/t20-,23?,26?,35?/m1/s1. The van der Waals surface area contributed by atoms with Gasteiger partial charge in [0.2, 0.25) is 5.91 Å². The number of hydrogen-bond donors (Lipinski definition) is 2. The van der Waals surface area contributed by atoms with Gasteiger partial charge in [0.1, 0.15) is 16.8 Å². The second kappa shape index (κ2) is 11.2. The predicted octanol–water partition coefficient (Wildman–Crippen LogP) is 5.55. The van der Waals surface area contributed by atoms with Gasteiger partial charge in [-0.25, -0.2) is 13.3 Å². The Bertz CT molecular complexity index is 1170. The Labute approximate surface area is 209 Å². The summed E-state index contributed by atoms with van der Waals surface area (Å²) in [5.74, 6) is -0.320. The number of nitrogens with one attached hydrogen (secondary N) is 2. The van der Waals surface area contributed by atoms with E-state index >= 15 is 0 Å². The fourth-order valence-corrected chi connectivity index (χ4v) is 5.69. The number of aryl methyl sites for hydroxylation is 2. The molecule has 5 nitrogen and oxygen atoms in total. The molecule has 1 amide bonds. The van der Waals surface area contributed by atoms with Crippen molar-refractivity contribution in [1.29, 1.82) is 0 Å². The van der Waals surface area contributed by atoms with Crippen molar-refractivity contribution in [3.05, 3.63) is 83.4 Å². The molecular weight excluding hydrogens is 461 g/mol. The Kier molecular flexibility index (Phi) is 8.08. The van der Waals surface area contributed by atoms with Crippen LogP contribution in [0.5, 0.6) is 0 Å². The van der Waals surface area contributed by atoms with E-state index in [2.05, 4.69) is 15.0 Å². The molecule has 0 bridgehead atoms. The number of pyridine rings is 1. The molecule has 0 spiro atoms. The van der Waals surface area contributed by atoms with Crippen LogP contribution in [-0.2, 0) is 15.8 Å². The SMILES string of the molecule is Cc1cc(-c2ccc(S(=O)NC3CCC(C(=O)N[C@H](C)c4ccc(F)cc4)CC3)cc2)cc(C)n1. The molecule has 35 heavy (non-hydrogen) atoms. The number of rotatable bonds is 7. The van der Waals surface area contributed by atoms with Crippen molar-refractivity contribution in [2.24, 2.45) is 5.92 Å². The minimum atomic E-state index is -1.31. The van der Waals surface area contributed by atoms with E-state index in [0.717, 1.165) is 58.7 Å². The van der Waals surface area contributed by atoms with Crippen LogP contribution in [0.25, 0.3) is 11.1 Å². The van der Waals surface area contributed by atoms with Crippen LogP contribution in [0.4, 0.5) is 4.39 Å². The molecular formula is C28H32FN3O2S. The lowest BCUT2D eigenvalue weighted by Crippen LogP contribution is -2.39. The lowest BCUT2D eigenvalue weighted by Gasteiger charge is -2.29. The molecule has 1 aliphatic rings. The van der Waals surface area contributed by atoms with Gasteiger partial charge in [-0.1, -0.05) is 24.3 Å². The van der Waals surface area contributed by atoms with Crippen LogP contribution in [0.15, 0.2) is 65.6 Å². The van der Waals surface area contributed by atoms with Crippen molar-refractivity contribution < 1.29 is 13.4 Å². The van der Waals surface area contributed by atoms with Crippen LogP contribution in [0.2, 0.25) is 0 Å². The molecule has 1 aromatic heterocycles. The summed E-state index contributed by atoms with van der Waals surface area (Å²) in [5, 5.41) is 3.05. The molecule has 0 saturated heterocycles. The van der Waals surface area contributed by atoms with Gasteiger partial charge in [0.05, 0.1) is 10.9 Å². The molecule has 0 aliphatic heterocycles. The molecule has 7 heteroatoms. The van der Waals surface area contributed by atoms with E-state index < -0.39 is 11.0 Å². The number of aromatic nitrogens is 1. The van der Waals surface area contributed by atoms with E-state index in [1.54, 1.807) is 12.1 Å². The van der Waals surface area contributed by atoms with Crippen molar-refractivity contribution >= 4 is 16.9 Å². The second-order valence-corrected chi connectivity index (χ2v) is 10.6. The summed E-state index contributed by atoms with van der Waals surface area (Å²) < 4.78 is 29.3. The topological polar surface area (TPSA) is 71.1 Å². The van der Waals surface area contributed by atoms with Gasteiger partial charge in [0.25, 0.3) is 0 Å². The van der Waals surface area contributed by atoms with Crippen LogP contribution in [0.1, 0.15) is 55.6 Å². The average molecular weight is 494 g/mol. The zero-order valence-electron chi connectivity index (χ0n) is 20.4. The Hall–Kier alpha value is -2.90. The molecule has 1 fully saturated rings. The van der Waals surface area contributed by atoms with Gasteiger partial charge >= 0.3 is 0 Å². The number of halogens is 1. The highest BCUT2D eigenvalue weighted by molar-refractivity contribution is 7.83. The van der Waals surface area contributed by atoms with E-state index in [1.165, 1.54) is 12.1 Å². The molecule has 0 radical (unpaired) electrons. The first-order valence-corrected chi connectivity index (χ1v) is 13.2. The summed E-state index contributed by atoms with van der Waals surface area (Å²) in [4.78, 5) is 17.9. The predicted molar refractivity (Wildman–Crippen MR) is 137 cm³/mol. The number of carbonyl (C=O) groups is 1. The maximum absolute atomic E-state index is 13.1. The van der Waals surface area contributed by atoms with Crippen LogP contribution in [0, 0.1) is 25.6 Å². The second-order valence-electron chi connectivity index (χ2n) is 9.38. The number of carbonyl (C=O) groups excluding carboxylic acids is 1. The summed E-state index contributed by atoms with van der Waals surface area (Å²) in [7, 11) is -1.31. The van der Waals surface area contributed by atoms with Crippen molar-refractivity contribution in [3.63, 3.8) is 0 Å². The van der Waals surface area contributed by atoms with Gasteiger partial charge in [0, 0.05) is 23.3 Å². The highest BCUT2D eigenvalue weighted by atomic mass is 32.2. The van der Waals surface area contributed by atoms with Crippen LogP contribution in [0.3, 0.4) is 0 Å². The molecule has 1 aliphatic carbocycles. The summed E-state index contributed by atoms with van der Waals surface area (Å²) in [6.07, 6.45) is 3.08. The zero-order chi connectivity index (χ0) is 24.9. The summed E-state index contributed by atoms with van der Waals surface area (Å²) >= 11 is 0. The van der Waals surface area contributed by atoms with Gasteiger partial charge < -0.3 is 5.32 Å². The number of benzene rings is 2. The van der Waals surface area contributed by atoms with Crippen molar-refractivity contribution in [2.75, 3.05) is 0 Å². The third-order valence-corrected chi connectivity index (χ3v) is 7.83. The third-order valence-electron chi connectivity index (χ3n) is 6.58. The summed E-state index contributed by atoms with van der Waals surface area (Å²) in [6, 6.07) is 18.0. The fourth-order valence-electron chi connectivity index (χ4n) is 4.63. The van der Waals surface area contributed by atoms with Gasteiger partial charge in [-0.05, 0) is 99.5 Å².